The smallest absolute Gasteiger partial charge is 0.373 e. The molecule has 2 fully saturated rings. The molecule has 606 valence electrons. The molecule has 5 aromatic rings. The van der Waals surface area contributed by atoms with Gasteiger partial charge in [0.05, 0.1) is 4.92 Å². The molecular weight excluding hydrogens is 1550 g/mol. The highest BCUT2D eigenvalue weighted by atomic mass is 35.5. The van der Waals surface area contributed by atoms with Gasteiger partial charge >= 0.3 is 54.1 Å². The SMILES string of the molecule is Cc1cccc(CC(N)C(=O)O)c1O.NC(CC1=CCc2ccc(O)cc21)C(=O)O.NCCC1CCNCC1.N[C@@H](CC1CCCC1)C(=O)O.N[C@@H](Cc1ccc(O)cc1Cl)C(=O)O.N[C@@H](Cc1ccc(OCC(=O)O)cc1)C(=O)O.N[C@@H](Cc1ccc([N+](=O)[O-])cc1)C(=O)O.O=C=O.O=C=O.S.S.S.S.S.S. The molecule has 40 heteroatoms. The highest BCUT2D eigenvalue weighted by Gasteiger charge is 2.23. The summed E-state index contributed by atoms with van der Waals surface area (Å²) in [7, 11) is 0. The summed E-state index contributed by atoms with van der Waals surface area (Å²) in [5.74, 6) is -4.95. The third kappa shape index (κ3) is 49.5. The van der Waals surface area contributed by atoms with Crippen molar-refractivity contribution < 1.29 is 113 Å². The Balaban J connectivity index is -0.000000217. The number of fused-ring (bicyclic) bond motifs is 1. The third-order valence-corrected chi connectivity index (χ3v) is 15.4. The lowest BCUT2D eigenvalue weighted by molar-refractivity contribution is -0.384. The second kappa shape index (κ2) is 63.5. The number of aromatic hydroxyl groups is 3. The molecule has 6 atom stereocenters. The maximum atomic E-state index is 10.7. The van der Waals surface area contributed by atoms with Crippen LogP contribution in [0.5, 0.6) is 23.0 Å². The highest BCUT2D eigenvalue weighted by Crippen LogP contribution is 2.33. The first kappa shape index (κ1) is 113. The fourth-order valence-electron chi connectivity index (χ4n) is 9.55. The molecule has 5 aromatic carbocycles. The van der Waals surface area contributed by atoms with Gasteiger partial charge in [0.2, 0.25) is 0 Å². The van der Waals surface area contributed by atoms with Crippen LogP contribution in [-0.4, -0.2) is 173 Å². The second-order valence-corrected chi connectivity index (χ2v) is 23.3. The Morgan fingerprint density at radius 1 is 0.556 bits per heavy atom. The number of phenolic OH excluding ortho intramolecular Hbond substituents is 3. The summed E-state index contributed by atoms with van der Waals surface area (Å²) in [6, 6.07) is 21.4. The summed E-state index contributed by atoms with van der Waals surface area (Å²) in [6.45, 7) is 4.61. The lowest BCUT2D eigenvalue weighted by Crippen LogP contribution is -2.32. The van der Waals surface area contributed by atoms with Crippen molar-refractivity contribution in [2.75, 3.05) is 26.2 Å². The number of benzene rings is 5. The number of halogens is 1. The van der Waals surface area contributed by atoms with Crippen LogP contribution in [0.3, 0.4) is 0 Å². The average Bonchev–Trinajstić information content (AvgIpc) is 1.69. The van der Waals surface area contributed by atoms with Crippen LogP contribution in [0.15, 0.2) is 109 Å². The predicted octanol–water partition coefficient (Wildman–Crippen LogP) is 4.27. The Morgan fingerprint density at radius 2 is 0.972 bits per heavy atom. The number of aryl methyl sites for hydroxylation is 1. The molecule has 2 unspecified atom stereocenters. The van der Waals surface area contributed by atoms with Gasteiger partial charge in [-0.3, -0.25) is 38.9 Å². The fraction of sp³-hybridized carbons (Fsp3) is 0.397. The Kier molecular flexibility index (Phi) is 66.4. The summed E-state index contributed by atoms with van der Waals surface area (Å²) in [4.78, 5) is 116. The number of ether oxygens (including phenoxy) is 1. The van der Waals surface area contributed by atoms with E-state index in [9.17, 15) is 53.9 Å². The van der Waals surface area contributed by atoms with Gasteiger partial charge in [-0.05, 0) is 177 Å². The topological polar surface area (TPSA) is 637 Å². The van der Waals surface area contributed by atoms with Gasteiger partial charge in [0.15, 0.2) is 6.61 Å². The first-order chi connectivity index (χ1) is 48.0. The maximum Gasteiger partial charge on any atom is 0.373 e. The third-order valence-electron chi connectivity index (χ3n) is 15.0. The number of rotatable bonds is 24. The van der Waals surface area contributed by atoms with Gasteiger partial charge in [-0.15, -0.1) is 0 Å². The Hall–Kier alpha value is -8.44. The standard InChI is InChI=1S/C12H13NO3.C11H13NO5.C10H13NO3.C9H10ClNO3.C9H10N2O4.C8H15NO2.C7H16N2.2CO2.6H2S/c13-11(12(15)16)5-8-2-1-7-3-4-9(14)6-10(7)8;12-9(11(15)16)5-7-1-3-8(4-2-7)17-6-10(13)14;1-6-3-2-4-7(9(6)12)5-8(11)10(13)14;10-7-4-6(12)2-1-5(7)3-8(11)9(13)14;10-8(9(12)13)5-6-1-3-7(4-2-6)11(14)15;9-7(8(10)11)5-6-3-1-2-4-6;8-4-1-7-2-5-9-6-3-7;2*2-1-3;;;;;;/h2-4,6,11,14H,1,5,13H2,(H,15,16);1-4,9H,5-6,12H2,(H,13,14)(H,15,16);2-4,8,12H,5,11H2,1H3,(H,13,14);1-2,4,8,12H,3,11H2,(H,13,14);1-4,8H,5,10H2,(H,12,13);6-7H,1-5,9H2,(H,10,11);7,9H,1-6,8H2;;;6*1H2/t;9-;;2*8-;7-;;;;;;;;;/m.0.000........./s1. The number of carboxylic acids is 7. The molecule has 1 heterocycles. The molecule has 108 heavy (non-hydrogen) atoms. The summed E-state index contributed by atoms with van der Waals surface area (Å²) >= 11 is 5.77. The van der Waals surface area contributed by atoms with Crippen molar-refractivity contribution in [1.29, 1.82) is 0 Å². The van der Waals surface area contributed by atoms with E-state index in [4.69, 9.17) is 117 Å². The van der Waals surface area contributed by atoms with Crippen molar-refractivity contribution in [3.05, 3.63) is 163 Å². The number of aliphatic carboxylic acids is 7. The van der Waals surface area contributed by atoms with Crippen molar-refractivity contribution in [1.82, 2.24) is 5.32 Å². The van der Waals surface area contributed by atoms with Crippen molar-refractivity contribution >= 4 is 158 Å². The Morgan fingerprint density at radius 3 is 1.40 bits per heavy atom. The van der Waals surface area contributed by atoms with Crippen molar-refractivity contribution in [2.24, 2.45) is 52.0 Å². The quantitative estimate of drug-likeness (QED) is 0.0303. The number of para-hydroxylation sites is 1. The molecule has 0 spiro atoms. The van der Waals surface area contributed by atoms with E-state index in [0.717, 1.165) is 46.7 Å². The van der Waals surface area contributed by atoms with Crippen molar-refractivity contribution in [3.63, 3.8) is 0 Å². The largest absolute Gasteiger partial charge is 0.508 e. The zero-order valence-electron chi connectivity index (χ0n) is 58.8. The van der Waals surface area contributed by atoms with E-state index in [2.05, 4.69) is 5.32 Å². The van der Waals surface area contributed by atoms with Gasteiger partial charge < -0.3 is 101 Å². The number of carbonyl (C=O) groups excluding carboxylic acids is 4. The molecule has 2 aliphatic carbocycles. The number of carbonyl (C=O) groups is 7. The molecular formula is C68H102ClN9O24S6. The van der Waals surface area contributed by atoms with Gasteiger partial charge in [-0.25, -0.2) is 4.79 Å². The minimum absolute atomic E-state index is 0. The summed E-state index contributed by atoms with van der Waals surface area (Å²) in [6.07, 6.45) is 13.6. The van der Waals surface area contributed by atoms with Crippen LogP contribution < -0.4 is 50.2 Å². The molecule has 0 aromatic heterocycles. The molecule has 1 saturated heterocycles. The lowest BCUT2D eigenvalue weighted by atomic mass is 9.95. The summed E-state index contributed by atoms with van der Waals surface area (Å²) < 4.78 is 4.93. The number of phenols is 3. The number of non-ortho nitro benzene ring substituents is 1. The van der Waals surface area contributed by atoms with Gasteiger partial charge in [0.1, 0.15) is 59.2 Å². The second-order valence-electron chi connectivity index (χ2n) is 22.9. The highest BCUT2D eigenvalue weighted by molar-refractivity contribution is 7.60. The molecule has 0 amide bonds. The first-order valence-corrected chi connectivity index (χ1v) is 31.7. The van der Waals surface area contributed by atoms with Crippen LogP contribution in [0.2, 0.25) is 5.02 Å². The number of carboxylic acid groups (broad SMARTS) is 7. The summed E-state index contributed by atoms with van der Waals surface area (Å²) in [5.41, 5.74) is 43.9. The Labute approximate surface area is 670 Å². The normalized spacial score (nSPS) is 13.3. The van der Waals surface area contributed by atoms with Crippen molar-refractivity contribution in [3.8, 4) is 23.0 Å². The number of nitrogens with zero attached hydrogens (tertiary/aromatic N) is 1. The van der Waals surface area contributed by atoms with Gasteiger partial charge in [-0.2, -0.15) is 100 Å². The van der Waals surface area contributed by atoms with Crippen molar-refractivity contribution in [2.45, 2.75) is 133 Å². The van der Waals surface area contributed by atoms with Crippen LogP contribution in [0.1, 0.15) is 96.7 Å². The molecule has 8 rings (SSSR count). The van der Waals surface area contributed by atoms with E-state index in [1.807, 2.05) is 12.1 Å². The van der Waals surface area contributed by atoms with Crippen LogP contribution in [-0.2, 0) is 84.8 Å². The summed E-state index contributed by atoms with van der Waals surface area (Å²) in [5, 5.41) is 102. The van der Waals surface area contributed by atoms with E-state index in [-0.39, 0.29) is 142 Å². The zero-order valence-corrected chi connectivity index (χ0v) is 65.5. The predicted molar refractivity (Wildman–Crippen MR) is 430 cm³/mol. The number of hydrogen-bond donors (Lipinski definition) is 18. The molecule has 1 saturated carbocycles. The molecule has 3 aliphatic rings. The van der Waals surface area contributed by atoms with Crippen LogP contribution >= 0.6 is 92.6 Å². The Bertz CT molecular complexity index is 3560. The monoisotopic (exact) mass is 1660 g/mol. The van der Waals surface area contributed by atoms with E-state index < -0.39 is 89.6 Å². The van der Waals surface area contributed by atoms with Crippen LogP contribution in [0.4, 0.5) is 5.69 Å². The first-order valence-electron chi connectivity index (χ1n) is 31.3. The number of piperidine rings is 1. The number of allylic oxidation sites excluding steroid dienone is 1. The van der Waals surface area contributed by atoms with Gasteiger partial charge in [0.25, 0.3) is 5.69 Å². The molecule has 0 radical (unpaired) electrons. The minimum atomic E-state index is -1.09. The number of nitrogens with one attached hydrogen (secondary N) is 1. The number of nitro groups is 1. The van der Waals surface area contributed by atoms with Gasteiger partial charge in [0, 0.05) is 23.6 Å². The van der Waals surface area contributed by atoms with Gasteiger partial charge in [-0.1, -0.05) is 98.0 Å². The van der Waals surface area contributed by atoms with E-state index >= 15 is 0 Å². The van der Waals surface area contributed by atoms with E-state index in [0.29, 0.717) is 46.2 Å². The number of nitro benzene ring substituents is 1. The average molecular weight is 1660 g/mol. The number of hydrogen-bond acceptors (Lipinski definition) is 25. The van der Waals surface area contributed by atoms with E-state index in [1.165, 1.54) is 94.4 Å². The molecule has 33 nitrogen and oxygen atoms in total. The lowest BCUT2D eigenvalue weighted by Gasteiger charge is -2.21. The number of nitrogens with two attached hydrogens (primary N) is 7. The van der Waals surface area contributed by atoms with E-state index in [1.54, 1.807) is 67.6 Å². The fourth-order valence-corrected chi connectivity index (χ4v) is 9.80. The van der Waals surface area contributed by atoms with Crippen LogP contribution in [0, 0.1) is 28.9 Å². The minimum Gasteiger partial charge on any atom is -0.508 e. The zero-order chi connectivity index (χ0) is 77.6. The molecule has 0 bridgehead atoms. The maximum absolute atomic E-state index is 10.7. The molecule has 25 N–H and O–H groups in total. The molecule has 1 aliphatic heterocycles. The van der Waals surface area contributed by atoms with Crippen LogP contribution in [0.25, 0.3) is 5.57 Å².